The van der Waals surface area contributed by atoms with E-state index in [2.05, 4.69) is 116 Å². The van der Waals surface area contributed by atoms with Crippen molar-refractivity contribution in [2.75, 3.05) is 26.4 Å². The first kappa shape index (κ1) is 98.6. The molecule has 0 aromatic carbocycles. The standard InChI is InChI=1S/C89H155NO18/c1-3-5-7-9-11-13-15-17-19-21-23-25-27-28-29-30-31-32-33-34-35-36-37-38-39-40-41-42-43-44-45-47-49-51-53-55-57-59-61-63-65-67-77(95)90-72(73(94)66-64-62-60-58-56-54-52-50-48-46-26-24-22-20-18-16-14-12-10-8-6-4-2)71-103-87-83(101)80(98)85(75(69-92)105-87)108-89-84(102)81(99)86(76(70-93)106-89)107-88-82(100)79(97)78(96)74(68-91)104-88/h5,7,11,13,17,19,23,25,28-29,31-32,34-35,56,58,64,66,72-76,78-89,91-94,96-102H,3-4,6,8-10,12,14-16,18,20-22,24,26-27,30,33,36-55,57,59-63,65,67-71H2,1-2H3,(H,90,95)/b7-5-,13-11-,19-17-,25-23-,29-28-,32-31-,35-34-,58-56+,66-64+. The van der Waals surface area contributed by atoms with Crippen LogP contribution in [0.5, 0.6) is 0 Å². The average Bonchev–Trinajstić information content (AvgIpc) is 0.787. The molecule has 0 spiro atoms. The quantitative estimate of drug-likeness (QED) is 0.0199. The van der Waals surface area contributed by atoms with E-state index < -0.39 is 124 Å². The Morgan fingerprint density at radius 1 is 0.343 bits per heavy atom. The van der Waals surface area contributed by atoms with Crippen molar-refractivity contribution in [3.05, 3.63) is 109 Å². The van der Waals surface area contributed by atoms with Gasteiger partial charge in [-0.05, 0) is 89.9 Å². The molecule has 0 aromatic rings. The van der Waals surface area contributed by atoms with Gasteiger partial charge in [-0.3, -0.25) is 4.79 Å². The van der Waals surface area contributed by atoms with Gasteiger partial charge in [0, 0.05) is 6.42 Å². The van der Waals surface area contributed by atoms with Gasteiger partial charge in [0.15, 0.2) is 18.9 Å². The zero-order chi connectivity index (χ0) is 78.1. The van der Waals surface area contributed by atoms with E-state index in [9.17, 15) is 61.0 Å². The topological polar surface area (TPSA) is 307 Å². The zero-order valence-corrected chi connectivity index (χ0v) is 67.0. The predicted molar refractivity (Wildman–Crippen MR) is 434 cm³/mol. The second-order valence-electron chi connectivity index (χ2n) is 30.3. The first-order valence-corrected chi connectivity index (χ1v) is 43.1. The molecule has 0 aromatic heterocycles. The molecule has 3 saturated heterocycles. The third-order valence-electron chi connectivity index (χ3n) is 20.8. The van der Waals surface area contributed by atoms with Crippen LogP contribution in [0.3, 0.4) is 0 Å². The Morgan fingerprint density at radius 3 is 1.04 bits per heavy atom. The van der Waals surface area contributed by atoms with Crippen LogP contribution < -0.4 is 5.32 Å². The molecule has 19 nitrogen and oxygen atoms in total. The van der Waals surface area contributed by atoms with Crippen LogP contribution in [0.25, 0.3) is 0 Å². The summed E-state index contributed by atoms with van der Waals surface area (Å²) in [6.45, 7) is 1.63. The van der Waals surface area contributed by atoms with Gasteiger partial charge in [0.1, 0.15) is 73.2 Å². The summed E-state index contributed by atoms with van der Waals surface area (Å²) in [7, 11) is 0. The number of nitrogens with one attached hydrogen (secondary N) is 1. The van der Waals surface area contributed by atoms with Gasteiger partial charge in [0.25, 0.3) is 0 Å². The third-order valence-corrected chi connectivity index (χ3v) is 20.8. The van der Waals surface area contributed by atoms with Crippen molar-refractivity contribution in [1.82, 2.24) is 5.32 Å². The molecule has 3 fully saturated rings. The van der Waals surface area contributed by atoms with E-state index in [1.165, 1.54) is 199 Å². The van der Waals surface area contributed by atoms with Crippen molar-refractivity contribution in [3.63, 3.8) is 0 Å². The van der Waals surface area contributed by atoms with Gasteiger partial charge in [0.05, 0.1) is 38.6 Å². The van der Waals surface area contributed by atoms with Gasteiger partial charge in [-0.1, -0.05) is 329 Å². The van der Waals surface area contributed by atoms with Gasteiger partial charge in [-0.2, -0.15) is 0 Å². The van der Waals surface area contributed by atoms with E-state index in [1.54, 1.807) is 6.08 Å². The maximum absolute atomic E-state index is 13.5. The molecule has 0 saturated carbocycles. The van der Waals surface area contributed by atoms with E-state index in [-0.39, 0.29) is 18.9 Å². The number of unbranched alkanes of at least 4 members (excludes halogenated alkanes) is 36. The Kier molecular flexibility index (Phi) is 62.0. The summed E-state index contributed by atoms with van der Waals surface area (Å²) < 4.78 is 34.5. The Balaban J connectivity index is 1.32. The van der Waals surface area contributed by atoms with Crippen molar-refractivity contribution >= 4 is 5.91 Å². The summed E-state index contributed by atoms with van der Waals surface area (Å²) in [6.07, 6.45) is 68.0. The van der Waals surface area contributed by atoms with Gasteiger partial charge in [-0.25, -0.2) is 0 Å². The second-order valence-corrected chi connectivity index (χ2v) is 30.3. The van der Waals surface area contributed by atoms with Crippen LogP contribution in [-0.4, -0.2) is 193 Å². The summed E-state index contributed by atoms with van der Waals surface area (Å²) in [4.78, 5) is 13.5. The largest absolute Gasteiger partial charge is 0.394 e. The smallest absolute Gasteiger partial charge is 0.220 e. The van der Waals surface area contributed by atoms with Crippen LogP contribution in [0.1, 0.15) is 316 Å². The molecule has 108 heavy (non-hydrogen) atoms. The number of allylic oxidation sites excluding steroid dienone is 17. The summed E-state index contributed by atoms with van der Waals surface area (Å²) in [6, 6.07) is -0.995. The van der Waals surface area contributed by atoms with E-state index in [1.807, 2.05) is 6.08 Å². The van der Waals surface area contributed by atoms with Crippen LogP contribution in [0, 0.1) is 0 Å². The summed E-state index contributed by atoms with van der Waals surface area (Å²) >= 11 is 0. The minimum absolute atomic E-state index is 0.233. The maximum Gasteiger partial charge on any atom is 0.220 e. The monoisotopic (exact) mass is 1530 g/mol. The van der Waals surface area contributed by atoms with Crippen LogP contribution >= 0.6 is 0 Å². The molecule has 17 atom stereocenters. The highest BCUT2D eigenvalue weighted by Crippen LogP contribution is 2.33. The number of carbonyl (C=O) groups is 1. The van der Waals surface area contributed by atoms with Crippen molar-refractivity contribution in [3.8, 4) is 0 Å². The van der Waals surface area contributed by atoms with Crippen molar-refractivity contribution < 1.29 is 89.4 Å². The lowest BCUT2D eigenvalue weighted by Crippen LogP contribution is -2.66. The number of aliphatic hydroxyl groups excluding tert-OH is 11. The number of rotatable bonds is 68. The van der Waals surface area contributed by atoms with Crippen LogP contribution in [0.2, 0.25) is 0 Å². The lowest BCUT2D eigenvalue weighted by molar-refractivity contribution is -0.379. The van der Waals surface area contributed by atoms with Crippen LogP contribution in [0.4, 0.5) is 0 Å². The van der Waals surface area contributed by atoms with E-state index in [4.69, 9.17) is 28.4 Å². The molecule has 3 aliphatic rings. The van der Waals surface area contributed by atoms with Gasteiger partial charge in [0.2, 0.25) is 5.91 Å². The lowest BCUT2D eigenvalue weighted by atomic mass is 9.96. The molecule has 0 radical (unpaired) electrons. The number of amides is 1. The Morgan fingerprint density at radius 2 is 0.648 bits per heavy atom. The molecule has 0 bridgehead atoms. The Bertz CT molecular complexity index is 2380. The number of hydrogen-bond donors (Lipinski definition) is 12. The molecule has 12 N–H and O–H groups in total. The number of hydrogen-bond acceptors (Lipinski definition) is 18. The van der Waals surface area contributed by atoms with Crippen LogP contribution in [0.15, 0.2) is 109 Å². The van der Waals surface area contributed by atoms with E-state index in [0.29, 0.717) is 12.8 Å². The summed E-state index contributed by atoms with van der Waals surface area (Å²) in [5.41, 5.74) is 0. The Labute approximate surface area is 653 Å². The maximum atomic E-state index is 13.5. The van der Waals surface area contributed by atoms with Crippen molar-refractivity contribution in [1.29, 1.82) is 0 Å². The number of carbonyl (C=O) groups excluding carboxylic acids is 1. The minimum atomic E-state index is -1.98. The van der Waals surface area contributed by atoms with E-state index >= 15 is 0 Å². The van der Waals surface area contributed by atoms with Gasteiger partial charge < -0.3 is 89.9 Å². The van der Waals surface area contributed by atoms with Gasteiger partial charge >= 0.3 is 0 Å². The number of aliphatic hydroxyl groups is 11. The zero-order valence-electron chi connectivity index (χ0n) is 67.0. The fourth-order valence-electron chi connectivity index (χ4n) is 14.0. The van der Waals surface area contributed by atoms with Crippen LogP contribution in [-0.2, 0) is 33.2 Å². The molecule has 0 aliphatic carbocycles. The first-order valence-electron chi connectivity index (χ1n) is 43.1. The average molecular weight is 1530 g/mol. The third kappa shape index (κ3) is 46.6. The minimum Gasteiger partial charge on any atom is -0.394 e. The lowest BCUT2D eigenvalue weighted by Gasteiger charge is -2.48. The predicted octanol–water partition coefficient (Wildman–Crippen LogP) is 15.7. The highest BCUT2D eigenvalue weighted by molar-refractivity contribution is 5.76. The van der Waals surface area contributed by atoms with Crippen molar-refractivity contribution in [2.24, 2.45) is 0 Å². The highest BCUT2D eigenvalue weighted by Gasteiger charge is 2.54. The molecule has 3 rings (SSSR count). The fourth-order valence-corrected chi connectivity index (χ4v) is 14.0. The molecule has 624 valence electrons. The van der Waals surface area contributed by atoms with E-state index in [0.717, 1.165) is 83.5 Å². The molecule has 17 unspecified atom stereocenters. The van der Waals surface area contributed by atoms with Crippen molar-refractivity contribution in [2.45, 2.75) is 420 Å². The molecule has 1 amide bonds. The fraction of sp³-hybridized carbons (Fsp3) is 0.787. The molecular formula is C89H155NO18. The number of ether oxygens (including phenoxy) is 6. The molecular weight excluding hydrogens is 1370 g/mol. The molecule has 3 heterocycles. The summed E-state index contributed by atoms with van der Waals surface area (Å²) in [5, 5.41) is 121. The normalized spacial score (nSPS) is 26.0. The SMILES string of the molecule is CC/C=C\C/C=C\C/C=C\C/C=C\C/C=C\C/C=C\C/C=C\CCCCCCCCCCCCCCCCCCCCCC(=O)NC(COC1OC(CO)C(OC2OC(CO)C(OC3OC(CO)C(O)C(O)C3O)C(O)C2O)C(O)C1O)C(O)/C=C/CC/C=C/CCCCCCCCCCCCCCCCCC. The van der Waals surface area contributed by atoms with Gasteiger partial charge in [-0.15, -0.1) is 0 Å². The molecule has 19 heteroatoms. The first-order chi connectivity index (χ1) is 52.8. The summed E-state index contributed by atoms with van der Waals surface area (Å²) in [5.74, 6) is -0.283. The second kappa shape index (κ2) is 67.9. The Hall–Kier alpha value is -3.55. The molecule has 3 aliphatic heterocycles. The highest BCUT2D eigenvalue weighted by atomic mass is 16.8.